The Kier molecular flexibility index (Phi) is 6.21. The first-order valence-electron chi connectivity index (χ1n) is 5.76. The molecule has 0 heterocycles. The van der Waals surface area contributed by atoms with Gasteiger partial charge in [0, 0.05) is 8.95 Å². The van der Waals surface area contributed by atoms with E-state index in [-0.39, 0.29) is 11.5 Å². The molecule has 2 aromatic carbocycles. The lowest BCUT2D eigenvalue weighted by molar-refractivity contribution is 0.112. The van der Waals surface area contributed by atoms with E-state index in [1.807, 2.05) is 7.85 Å². The van der Waals surface area contributed by atoms with Crippen LogP contribution in [0.15, 0.2) is 34.5 Å². The molecule has 0 unspecified atom stereocenters. The van der Waals surface area contributed by atoms with Crippen LogP contribution >= 0.6 is 79.6 Å². The van der Waals surface area contributed by atoms with Gasteiger partial charge in [0.25, 0.3) is 0 Å². The first-order valence-corrected chi connectivity index (χ1v) is 9.72. The van der Waals surface area contributed by atoms with Crippen molar-refractivity contribution in [2.24, 2.45) is 0 Å². The number of benzene rings is 2. The highest BCUT2D eigenvalue weighted by molar-refractivity contribution is 9.15. The van der Waals surface area contributed by atoms with Crippen LogP contribution in [0.2, 0.25) is 0 Å². The molecular weight excluding hydrogens is 614 g/mol. The van der Waals surface area contributed by atoms with Crippen molar-refractivity contribution in [2.45, 2.75) is 0 Å². The Balaban J connectivity index is 2.67. The van der Waals surface area contributed by atoms with E-state index in [1.165, 1.54) is 0 Å². The van der Waals surface area contributed by atoms with E-state index in [1.54, 1.807) is 12.1 Å². The lowest BCUT2D eigenvalue weighted by atomic mass is 9.96. The Hall–Kier alpha value is 0.175. The number of halogens is 5. The van der Waals surface area contributed by atoms with Gasteiger partial charge in [0.2, 0.25) is 0 Å². The molecule has 0 aliphatic rings. The number of phenolic OH excluding ortho intramolecular Hbond substituents is 1. The number of rotatable bonds is 3. The fourth-order valence-corrected chi connectivity index (χ4v) is 4.57. The zero-order valence-corrected chi connectivity index (χ0v) is 18.8. The Morgan fingerprint density at radius 3 is 2.18 bits per heavy atom. The quantitative estimate of drug-likeness (QED) is 0.226. The number of phenols is 1. The van der Waals surface area contributed by atoms with Crippen molar-refractivity contribution in [1.29, 1.82) is 0 Å². The minimum absolute atomic E-state index is 0.0375. The average molecular weight is 621 g/mol. The third kappa shape index (κ3) is 3.48. The fourth-order valence-electron chi connectivity index (χ4n) is 1.72. The van der Waals surface area contributed by atoms with Gasteiger partial charge in [-0.3, -0.25) is 4.79 Å². The molecule has 2 aromatic rings. The van der Waals surface area contributed by atoms with Crippen LogP contribution < -0.4 is 10.2 Å². The van der Waals surface area contributed by atoms with Crippen molar-refractivity contribution in [3.8, 4) is 17.2 Å². The van der Waals surface area contributed by atoms with Gasteiger partial charge in [0.15, 0.2) is 23.5 Å². The van der Waals surface area contributed by atoms with Gasteiger partial charge in [-0.15, -0.1) is 0 Å². The topological polar surface area (TPSA) is 46.5 Å². The van der Waals surface area contributed by atoms with Gasteiger partial charge in [-0.05, 0) is 85.7 Å². The maximum Gasteiger partial charge on any atom is 0.172 e. The van der Waals surface area contributed by atoms with E-state index >= 15 is 0 Å². The molecule has 1 N–H and O–H groups in total. The number of carbonyl (C=O) groups is 1. The van der Waals surface area contributed by atoms with Gasteiger partial charge in [0.05, 0.1) is 19.0 Å². The zero-order chi connectivity index (χ0) is 16.6. The highest BCUT2D eigenvalue weighted by Crippen LogP contribution is 2.48. The van der Waals surface area contributed by atoms with Gasteiger partial charge < -0.3 is 9.84 Å². The molecule has 3 nitrogen and oxygen atoms in total. The molecule has 0 aliphatic heterocycles. The zero-order valence-electron chi connectivity index (χ0n) is 10.9. The van der Waals surface area contributed by atoms with Crippen molar-refractivity contribution in [3.05, 3.63) is 40.1 Å². The van der Waals surface area contributed by atoms with Crippen LogP contribution in [-0.2, 0) is 0 Å². The summed E-state index contributed by atoms with van der Waals surface area (Å²) < 4.78 is 8.80. The molecule has 0 spiro atoms. The standard InChI is InChI=1S/C13H6BBr5O3/c14-4-1-6(15)12(21)7(2-4)22-13-5(3-20)8(16)9(17)10(18)11(13)19/h1-3,21H,14H2. The minimum atomic E-state index is -0.0375. The molecule has 0 bridgehead atoms. The molecule has 0 fully saturated rings. The molecule has 9 heteroatoms. The summed E-state index contributed by atoms with van der Waals surface area (Å²) in [5.74, 6) is 0.506. The third-order valence-corrected chi connectivity index (χ3v) is 8.13. The Morgan fingerprint density at radius 2 is 1.59 bits per heavy atom. The molecule has 0 aliphatic carbocycles. The first kappa shape index (κ1) is 18.5. The summed E-state index contributed by atoms with van der Waals surface area (Å²) in [7, 11) is 1.88. The Morgan fingerprint density at radius 1 is 1.00 bits per heavy atom. The second-order valence-corrected chi connectivity index (χ2v) is 8.34. The summed E-state index contributed by atoms with van der Waals surface area (Å²) in [6.07, 6.45) is 0.684. The normalized spacial score (nSPS) is 10.6. The van der Waals surface area contributed by atoms with E-state index in [0.29, 0.717) is 40.0 Å². The molecule has 2 rings (SSSR count). The van der Waals surface area contributed by atoms with Crippen LogP contribution in [0.3, 0.4) is 0 Å². The van der Waals surface area contributed by atoms with Crippen LogP contribution in [0, 0.1) is 0 Å². The van der Waals surface area contributed by atoms with Crippen LogP contribution in [0.5, 0.6) is 17.2 Å². The molecule has 0 amide bonds. The SMILES string of the molecule is Bc1cc(Br)c(O)c(Oc2c(Br)c(Br)c(Br)c(Br)c2C=O)c1. The van der Waals surface area contributed by atoms with E-state index < -0.39 is 0 Å². The van der Waals surface area contributed by atoms with Crippen molar-refractivity contribution in [1.82, 2.24) is 0 Å². The summed E-state index contributed by atoms with van der Waals surface area (Å²) >= 11 is 16.8. The highest BCUT2D eigenvalue weighted by Gasteiger charge is 2.22. The van der Waals surface area contributed by atoms with Crippen LogP contribution in [0.4, 0.5) is 0 Å². The maximum atomic E-state index is 11.4. The van der Waals surface area contributed by atoms with Gasteiger partial charge in [0.1, 0.15) is 7.85 Å². The Labute approximate surface area is 169 Å². The number of carbonyl (C=O) groups excluding carboxylic acids is 1. The monoisotopic (exact) mass is 616 g/mol. The lowest BCUT2D eigenvalue weighted by Crippen LogP contribution is -2.03. The third-order valence-electron chi connectivity index (χ3n) is 2.76. The predicted octanol–water partition coefficient (Wildman–Crippen LogP) is 5.07. The first-order chi connectivity index (χ1) is 10.3. The number of hydrogen-bond acceptors (Lipinski definition) is 3. The lowest BCUT2D eigenvalue weighted by Gasteiger charge is -2.16. The Bertz CT molecular complexity index is 779. The number of aldehydes is 1. The second-order valence-electron chi connectivity index (χ2n) is 4.31. The average Bonchev–Trinajstić information content (AvgIpc) is 2.47. The van der Waals surface area contributed by atoms with E-state index in [2.05, 4.69) is 79.6 Å². The van der Waals surface area contributed by atoms with E-state index in [9.17, 15) is 9.90 Å². The van der Waals surface area contributed by atoms with Crippen molar-refractivity contribution in [2.75, 3.05) is 0 Å². The predicted molar refractivity (Wildman–Crippen MR) is 107 cm³/mol. The highest BCUT2D eigenvalue weighted by atomic mass is 79.9. The number of ether oxygens (including phenoxy) is 1. The molecule has 0 aromatic heterocycles. The summed E-state index contributed by atoms with van der Waals surface area (Å²) in [6.45, 7) is 0. The van der Waals surface area contributed by atoms with Crippen LogP contribution in [0.25, 0.3) is 0 Å². The summed E-state index contributed by atoms with van der Waals surface area (Å²) in [4.78, 5) is 11.4. The van der Waals surface area contributed by atoms with Gasteiger partial charge in [-0.1, -0.05) is 11.5 Å². The number of hydrogen-bond donors (Lipinski definition) is 1. The molecule has 0 saturated carbocycles. The molecule has 0 saturated heterocycles. The van der Waals surface area contributed by atoms with E-state index in [4.69, 9.17) is 4.74 Å². The summed E-state index contributed by atoms with van der Waals surface area (Å²) in [5, 5.41) is 10.1. The summed E-state index contributed by atoms with van der Waals surface area (Å²) in [5.41, 5.74) is 1.22. The van der Waals surface area contributed by atoms with E-state index in [0.717, 1.165) is 5.46 Å². The molecule has 114 valence electrons. The minimum Gasteiger partial charge on any atom is -0.503 e. The largest absolute Gasteiger partial charge is 0.503 e. The molecular formula is C13H6BBr5O3. The van der Waals surface area contributed by atoms with Gasteiger partial charge in [-0.2, -0.15) is 0 Å². The van der Waals surface area contributed by atoms with Gasteiger partial charge in [-0.25, -0.2) is 0 Å². The van der Waals surface area contributed by atoms with Crippen LogP contribution in [0.1, 0.15) is 10.4 Å². The molecule has 0 atom stereocenters. The molecule has 22 heavy (non-hydrogen) atoms. The van der Waals surface area contributed by atoms with Crippen LogP contribution in [-0.4, -0.2) is 19.2 Å². The van der Waals surface area contributed by atoms with Crippen molar-refractivity contribution < 1.29 is 14.6 Å². The summed E-state index contributed by atoms with van der Waals surface area (Å²) in [6, 6.07) is 3.45. The van der Waals surface area contributed by atoms with Crippen molar-refractivity contribution >= 4 is 99.2 Å². The van der Waals surface area contributed by atoms with Crippen molar-refractivity contribution in [3.63, 3.8) is 0 Å². The van der Waals surface area contributed by atoms with Gasteiger partial charge >= 0.3 is 0 Å². The smallest absolute Gasteiger partial charge is 0.172 e. The molecule has 0 radical (unpaired) electrons. The number of aromatic hydroxyl groups is 1. The fraction of sp³-hybridized carbons (Fsp3) is 0. The second kappa shape index (κ2) is 7.38. The maximum absolute atomic E-state index is 11.4.